The van der Waals surface area contributed by atoms with E-state index in [1.54, 1.807) is 11.1 Å². The van der Waals surface area contributed by atoms with Crippen molar-refractivity contribution in [1.29, 1.82) is 0 Å². The van der Waals surface area contributed by atoms with E-state index in [0.29, 0.717) is 0 Å². The Morgan fingerprint density at radius 2 is 1.00 bits per heavy atom. The minimum atomic E-state index is -2.55. The van der Waals surface area contributed by atoms with E-state index < -0.39 is 28.4 Å². The van der Waals surface area contributed by atoms with Gasteiger partial charge in [-0.1, -0.05) is 0 Å². The van der Waals surface area contributed by atoms with E-state index in [9.17, 15) is 0 Å². The van der Waals surface area contributed by atoms with Crippen molar-refractivity contribution >= 4 is 23.0 Å². The molecular weight excluding hydrogens is 483 g/mol. The van der Waals surface area contributed by atoms with E-state index in [2.05, 4.69) is 95.6 Å². The molecular formula is C22H18Cl2Si2Zr. The fraction of sp³-hybridized carbons (Fsp3) is 0.0909. The first-order valence-corrected chi connectivity index (χ1v) is 22.6. The van der Waals surface area contributed by atoms with Gasteiger partial charge in [-0.25, -0.2) is 0 Å². The Bertz CT molecular complexity index is 1080. The van der Waals surface area contributed by atoms with Crippen molar-refractivity contribution in [3.05, 3.63) is 106 Å². The van der Waals surface area contributed by atoms with Crippen LogP contribution in [0, 0.1) is 0 Å². The zero-order valence-electron chi connectivity index (χ0n) is 14.6. The molecule has 6 rings (SSSR count). The first kappa shape index (κ1) is 19.6. The van der Waals surface area contributed by atoms with Crippen molar-refractivity contribution in [2.24, 2.45) is 0 Å². The van der Waals surface area contributed by atoms with Gasteiger partial charge in [-0.3, -0.25) is 0 Å². The Kier molecular flexibility index (Phi) is 5.29. The van der Waals surface area contributed by atoms with E-state index in [1.165, 1.54) is 11.1 Å². The molecule has 2 heterocycles. The summed E-state index contributed by atoms with van der Waals surface area (Å²) < 4.78 is 1.53. The molecule has 5 heteroatoms. The normalized spacial score (nSPS) is 21.6. The van der Waals surface area contributed by atoms with Crippen molar-refractivity contribution in [3.8, 4) is 0 Å². The van der Waals surface area contributed by atoms with Crippen LogP contribution in [0.4, 0.5) is 0 Å². The summed E-state index contributed by atoms with van der Waals surface area (Å²) in [6.45, 7) is 0. The van der Waals surface area contributed by atoms with Crippen LogP contribution in [0.3, 0.4) is 0 Å². The molecule has 0 saturated heterocycles. The smallest absolute Gasteiger partial charge is 1.00 e. The number of rotatable bonds is 2. The predicted molar refractivity (Wildman–Crippen MR) is 106 cm³/mol. The van der Waals surface area contributed by atoms with Crippen molar-refractivity contribution in [2.75, 3.05) is 0 Å². The molecule has 2 aromatic carbocycles. The summed E-state index contributed by atoms with van der Waals surface area (Å²) in [5.41, 5.74) is 16.2. The molecule has 0 spiro atoms. The molecule has 0 saturated carbocycles. The van der Waals surface area contributed by atoms with Gasteiger partial charge < -0.3 is 24.8 Å². The largest absolute Gasteiger partial charge is 1.00 e. The molecule has 2 atom stereocenters. The number of benzene rings is 2. The van der Waals surface area contributed by atoms with Gasteiger partial charge in [-0.2, -0.15) is 0 Å². The van der Waals surface area contributed by atoms with E-state index in [1.807, 2.05) is 0 Å². The Morgan fingerprint density at radius 1 is 0.593 bits per heavy atom. The fourth-order valence-electron chi connectivity index (χ4n) is 5.39. The van der Waals surface area contributed by atoms with Crippen LogP contribution in [0.2, 0.25) is 0 Å². The maximum atomic E-state index is 2.69. The van der Waals surface area contributed by atoms with Crippen LogP contribution in [0.1, 0.15) is 29.5 Å². The summed E-state index contributed by atoms with van der Waals surface area (Å²) in [6.07, 6.45) is 10.1. The van der Waals surface area contributed by atoms with Crippen LogP contribution in [-0.2, 0) is 17.5 Å². The zero-order chi connectivity index (χ0) is 16.4. The third-order valence-electron chi connectivity index (χ3n) is 6.42. The quantitative estimate of drug-likeness (QED) is 0.463. The first-order chi connectivity index (χ1) is 12.4. The molecule has 2 aromatic rings. The SMILES string of the molecule is C1=C[CH]([Zr+2]2([CH]3C=Cc4ccccc43)=[Si]3C=C[Si]=2C=C3)c2ccccc21.[Cl-].[Cl-]. The Balaban J connectivity index is 0.000000900. The van der Waals surface area contributed by atoms with Gasteiger partial charge in [0.15, 0.2) is 0 Å². The van der Waals surface area contributed by atoms with Crippen LogP contribution in [0.25, 0.3) is 12.2 Å². The molecule has 0 radical (unpaired) electrons. The molecule has 0 nitrogen and oxygen atoms in total. The summed E-state index contributed by atoms with van der Waals surface area (Å²) in [5, 5.41) is 0. The van der Waals surface area contributed by atoms with Crippen LogP contribution in [0.15, 0.2) is 83.5 Å². The standard InChI is InChI=1S/2C9H7.C4H4Si2.2ClH.Zr/c2*1-2-5-9-7-3-6-8(9)4-1;1-2-6-4-3-5-1;;;/h2*1-7H;1-4H;2*1H;/q;;;;;+2/p-2. The molecule has 0 N–H and O–H groups in total. The Labute approximate surface area is 177 Å². The molecule has 2 unspecified atom stereocenters. The van der Waals surface area contributed by atoms with E-state index in [0.717, 1.165) is 7.25 Å². The van der Waals surface area contributed by atoms with Gasteiger partial charge in [0.1, 0.15) is 0 Å². The van der Waals surface area contributed by atoms with Crippen molar-refractivity contribution in [2.45, 2.75) is 7.25 Å². The monoisotopic (exact) mass is 498 g/mol. The molecule has 132 valence electrons. The fourth-order valence-corrected chi connectivity index (χ4v) is 64.3. The molecule has 2 aliphatic carbocycles. The van der Waals surface area contributed by atoms with Crippen LogP contribution >= 0.6 is 0 Å². The van der Waals surface area contributed by atoms with E-state index in [4.69, 9.17) is 0 Å². The van der Waals surface area contributed by atoms with Crippen LogP contribution < -0.4 is 24.8 Å². The predicted octanol–water partition coefficient (Wildman–Crippen LogP) is -1.04. The van der Waals surface area contributed by atoms with Crippen molar-refractivity contribution in [1.82, 2.24) is 0 Å². The number of halogens is 2. The zero-order valence-corrected chi connectivity index (χ0v) is 20.6. The molecule has 0 fully saturated rings. The van der Waals surface area contributed by atoms with Gasteiger partial charge in [0.25, 0.3) is 0 Å². The van der Waals surface area contributed by atoms with Crippen molar-refractivity contribution < 1.29 is 42.3 Å². The van der Waals surface area contributed by atoms with E-state index in [-0.39, 0.29) is 24.8 Å². The number of allylic oxidation sites excluding steroid dienone is 2. The van der Waals surface area contributed by atoms with Gasteiger partial charge in [0, 0.05) is 0 Å². The third-order valence-corrected chi connectivity index (χ3v) is 55.0. The van der Waals surface area contributed by atoms with Gasteiger partial charge in [-0.15, -0.1) is 0 Å². The van der Waals surface area contributed by atoms with E-state index >= 15 is 0 Å². The molecule has 0 amide bonds. The summed E-state index contributed by atoms with van der Waals surface area (Å²) >= 11 is -2.55. The maximum absolute atomic E-state index is 2.69. The molecule has 27 heavy (non-hydrogen) atoms. The molecule has 2 bridgehead atoms. The van der Waals surface area contributed by atoms with Crippen LogP contribution in [-0.4, -0.2) is 10.9 Å². The van der Waals surface area contributed by atoms with Gasteiger partial charge in [0.05, 0.1) is 0 Å². The minimum absolute atomic E-state index is 0. The molecule has 2 aliphatic heterocycles. The van der Waals surface area contributed by atoms with Crippen LogP contribution in [0.5, 0.6) is 0 Å². The van der Waals surface area contributed by atoms with Gasteiger partial charge >= 0.3 is 154 Å². The summed E-state index contributed by atoms with van der Waals surface area (Å²) in [4.78, 5) is 0. The Morgan fingerprint density at radius 3 is 1.44 bits per heavy atom. The van der Waals surface area contributed by atoms with Gasteiger partial charge in [0.2, 0.25) is 0 Å². The summed E-state index contributed by atoms with van der Waals surface area (Å²) in [6, 6.07) is 18.4. The second kappa shape index (κ2) is 7.28. The number of fused-ring (bicyclic) bond motifs is 2. The number of hydrogen-bond acceptors (Lipinski definition) is 0. The average Bonchev–Trinajstić information content (AvgIpc) is 3.42. The summed E-state index contributed by atoms with van der Waals surface area (Å²) in [5.74, 6) is 0. The minimum Gasteiger partial charge on any atom is -1.00 e. The molecule has 4 aliphatic rings. The Hall–Kier alpha value is -0.703. The maximum Gasteiger partial charge on any atom is -1.00 e. The third kappa shape index (κ3) is 2.56. The first-order valence-electron chi connectivity index (χ1n) is 9.04. The van der Waals surface area contributed by atoms with Crippen molar-refractivity contribution in [3.63, 3.8) is 0 Å². The second-order valence-corrected chi connectivity index (χ2v) is 39.1. The van der Waals surface area contributed by atoms with Gasteiger partial charge in [-0.05, 0) is 0 Å². The topological polar surface area (TPSA) is 0 Å². The number of hydrogen-bond donors (Lipinski definition) is 0. The average molecular weight is 501 g/mol. The second-order valence-electron chi connectivity index (χ2n) is 7.38. The molecule has 0 aromatic heterocycles. The summed E-state index contributed by atoms with van der Waals surface area (Å²) in [7, 11) is 0.